The Morgan fingerprint density at radius 2 is 2.36 bits per heavy atom. The molecule has 0 aromatic rings. The van der Waals surface area contributed by atoms with Crippen molar-refractivity contribution in [2.75, 3.05) is 33.4 Å². The summed E-state index contributed by atoms with van der Waals surface area (Å²) in [4.78, 5) is 6.60. The molecule has 3 nitrogen and oxygen atoms in total. The number of nitrogens with zero attached hydrogens (tertiary/aromatic N) is 2. The Labute approximate surface area is 87.2 Å². The SMILES string of the molecule is CC(C)N=CCOCC1CCN(C)C1. The minimum absolute atomic E-state index is 0.385. The zero-order valence-electron chi connectivity index (χ0n) is 9.57. The van der Waals surface area contributed by atoms with Crippen molar-refractivity contribution in [2.45, 2.75) is 26.3 Å². The Morgan fingerprint density at radius 1 is 1.57 bits per heavy atom. The average molecular weight is 198 g/mol. The van der Waals surface area contributed by atoms with Gasteiger partial charge in [-0.05, 0) is 39.8 Å². The Kier molecular flexibility index (Phi) is 5.12. The Balaban J connectivity index is 1.99. The third kappa shape index (κ3) is 4.72. The van der Waals surface area contributed by atoms with Gasteiger partial charge in [0, 0.05) is 18.8 Å². The van der Waals surface area contributed by atoms with E-state index in [1.54, 1.807) is 0 Å². The molecule has 14 heavy (non-hydrogen) atoms. The van der Waals surface area contributed by atoms with Crippen LogP contribution in [0.4, 0.5) is 0 Å². The molecular formula is C11H22N2O. The third-order valence-corrected chi connectivity index (χ3v) is 2.44. The lowest BCUT2D eigenvalue weighted by atomic mass is 10.1. The van der Waals surface area contributed by atoms with Crippen molar-refractivity contribution < 1.29 is 4.74 Å². The molecule has 0 amide bonds. The average Bonchev–Trinajstić information content (AvgIpc) is 2.50. The molecule has 3 heteroatoms. The summed E-state index contributed by atoms with van der Waals surface area (Å²) in [6, 6.07) is 0.385. The van der Waals surface area contributed by atoms with Gasteiger partial charge in [0.05, 0.1) is 13.2 Å². The Hall–Kier alpha value is -0.410. The van der Waals surface area contributed by atoms with Crippen LogP contribution in [0.15, 0.2) is 4.99 Å². The van der Waals surface area contributed by atoms with E-state index in [1.165, 1.54) is 19.5 Å². The lowest BCUT2D eigenvalue weighted by Crippen LogP contribution is -2.17. The molecule has 1 fully saturated rings. The van der Waals surface area contributed by atoms with Crippen molar-refractivity contribution >= 4 is 6.21 Å². The van der Waals surface area contributed by atoms with Crippen LogP contribution < -0.4 is 0 Å². The zero-order valence-corrected chi connectivity index (χ0v) is 9.57. The second-order valence-electron chi connectivity index (χ2n) is 4.38. The molecule has 0 aromatic carbocycles. The molecule has 1 atom stereocenters. The van der Waals surface area contributed by atoms with Gasteiger partial charge in [-0.3, -0.25) is 4.99 Å². The van der Waals surface area contributed by atoms with Crippen molar-refractivity contribution in [3.05, 3.63) is 0 Å². The molecule has 1 aliphatic rings. The topological polar surface area (TPSA) is 24.8 Å². The van der Waals surface area contributed by atoms with Crippen LogP contribution in [0.1, 0.15) is 20.3 Å². The van der Waals surface area contributed by atoms with Crippen LogP contribution in [0, 0.1) is 5.92 Å². The molecule has 0 N–H and O–H groups in total. The van der Waals surface area contributed by atoms with Crippen molar-refractivity contribution in [1.82, 2.24) is 4.90 Å². The summed E-state index contributed by atoms with van der Waals surface area (Å²) in [7, 11) is 2.17. The van der Waals surface area contributed by atoms with Crippen molar-refractivity contribution in [1.29, 1.82) is 0 Å². The third-order valence-electron chi connectivity index (χ3n) is 2.44. The lowest BCUT2D eigenvalue weighted by Gasteiger charge is -2.09. The maximum Gasteiger partial charge on any atom is 0.0814 e. The molecule has 1 saturated heterocycles. The van der Waals surface area contributed by atoms with Crippen LogP contribution in [-0.4, -0.2) is 50.5 Å². The number of hydrogen-bond acceptors (Lipinski definition) is 3. The second kappa shape index (κ2) is 6.14. The first-order chi connectivity index (χ1) is 6.68. The van der Waals surface area contributed by atoms with Gasteiger partial charge in [0.25, 0.3) is 0 Å². The lowest BCUT2D eigenvalue weighted by molar-refractivity contribution is 0.135. The fourth-order valence-corrected chi connectivity index (χ4v) is 1.70. The monoisotopic (exact) mass is 198 g/mol. The maximum atomic E-state index is 5.54. The largest absolute Gasteiger partial charge is 0.375 e. The van der Waals surface area contributed by atoms with Crippen LogP contribution in [0.5, 0.6) is 0 Å². The second-order valence-corrected chi connectivity index (χ2v) is 4.38. The molecule has 0 bridgehead atoms. The van der Waals surface area contributed by atoms with E-state index in [4.69, 9.17) is 4.74 Å². The standard InChI is InChI=1S/C11H22N2O/c1-10(2)12-5-7-14-9-11-4-6-13(3)8-11/h5,10-11H,4,6-9H2,1-3H3. The summed E-state index contributed by atoms with van der Waals surface area (Å²) < 4.78 is 5.54. The van der Waals surface area contributed by atoms with Gasteiger partial charge in [-0.1, -0.05) is 0 Å². The normalized spacial score (nSPS) is 24.1. The van der Waals surface area contributed by atoms with Gasteiger partial charge in [0.2, 0.25) is 0 Å². The van der Waals surface area contributed by atoms with Crippen LogP contribution in [-0.2, 0) is 4.74 Å². The summed E-state index contributed by atoms with van der Waals surface area (Å²) in [6.07, 6.45) is 3.15. The summed E-state index contributed by atoms with van der Waals surface area (Å²) in [6.45, 7) is 8.09. The highest BCUT2D eigenvalue weighted by molar-refractivity contribution is 5.58. The zero-order chi connectivity index (χ0) is 10.4. The van der Waals surface area contributed by atoms with Gasteiger partial charge in [-0.25, -0.2) is 0 Å². The molecule has 0 saturated carbocycles. The first-order valence-corrected chi connectivity index (χ1v) is 5.46. The molecule has 1 rings (SSSR count). The number of aliphatic imine (C=N–C) groups is 1. The first kappa shape index (κ1) is 11.7. The smallest absolute Gasteiger partial charge is 0.0814 e. The maximum absolute atomic E-state index is 5.54. The van der Waals surface area contributed by atoms with Crippen molar-refractivity contribution in [3.8, 4) is 0 Å². The van der Waals surface area contributed by atoms with Gasteiger partial charge in [-0.2, -0.15) is 0 Å². The van der Waals surface area contributed by atoms with Crippen LogP contribution in [0.25, 0.3) is 0 Å². The number of ether oxygens (including phenoxy) is 1. The highest BCUT2D eigenvalue weighted by Crippen LogP contribution is 2.13. The Morgan fingerprint density at radius 3 is 2.93 bits per heavy atom. The van der Waals surface area contributed by atoms with Gasteiger partial charge < -0.3 is 9.64 Å². The minimum atomic E-state index is 0.385. The van der Waals surface area contributed by atoms with E-state index in [-0.39, 0.29) is 0 Å². The van der Waals surface area contributed by atoms with Crippen LogP contribution in [0.2, 0.25) is 0 Å². The van der Waals surface area contributed by atoms with Gasteiger partial charge in [0.1, 0.15) is 0 Å². The number of hydrogen-bond donors (Lipinski definition) is 0. The van der Waals surface area contributed by atoms with E-state index in [2.05, 4.69) is 30.8 Å². The molecule has 0 spiro atoms. The predicted molar refractivity (Wildman–Crippen MR) is 60.1 cm³/mol. The minimum Gasteiger partial charge on any atom is -0.375 e. The van der Waals surface area contributed by atoms with Gasteiger partial charge in [0.15, 0.2) is 0 Å². The molecule has 0 radical (unpaired) electrons. The molecule has 1 aliphatic heterocycles. The van der Waals surface area contributed by atoms with E-state index in [9.17, 15) is 0 Å². The number of likely N-dealkylation sites (tertiary alicyclic amines) is 1. The fraction of sp³-hybridized carbons (Fsp3) is 0.909. The van der Waals surface area contributed by atoms with E-state index < -0.39 is 0 Å². The molecule has 1 unspecified atom stereocenters. The van der Waals surface area contributed by atoms with E-state index in [1.807, 2.05) is 6.21 Å². The van der Waals surface area contributed by atoms with Crippen molar-refractivity contribution in [2.24, 2.45) is 10.9 Å². The number of rotatable bonds is 5. The van der Waals surface area contributed by atoms with E-state index in [0.717, 1.165) is 12.5 Å². The molecular weight excluding hydrogens is 176 g/mol. The van der Waals surface area contributed by atoms with Gasteiger partial charge in [-0.15, -0.1) is 0 Å². The summed E-state index contributed by atoms with van der Waals surface area (Å²) >= 11 is 0. The van der Waals surface area contributed by atoms with Crippen LogP contribution in [0.3, 0.4) is 0 Å². The first-order valence-electron chi connectivity index (χ1n) is 5.46. The summed E-state index contributed by atoms with van der Waals surface area (Å²) in [5.41, 5.74) is 0. The molecule has 1 heterocycles. The van der Waals surface area contributed by atoms with Crippen molar-refractivity contribution in [3.63, 3.8) is 0 Å². The summed E-state index contributed by atoms with van der Waals surface area (Å²) in [5.74, 6) is 0.729. The fourth-order valence-electron chi connectivity index (χ4n) is 1.70. The van der Waals surface area contributed by atoms with E-state index >= 15 is 0 Å². The van der Waals surface area contributed by atoms with Crippen LogP contribution >= 0.6 is 0 Å². The summed E-state index contributed by atoms with van der Waals surface area (Å²) in [5, 5.41) is 0. The molecule has 0 aliphatic carbocycles. The van der Waals surface area contributed by atoms with Gasteiger partial charge >= 0.3 is 0 Å². The predicted octanol–water partition coefficient (Wildman–Crippen LogP) is 1.43. The molecule has 82 valence electrons. The highest BCUT2D eigenvalue weighted by Gasteiger charge is 2.18. The Bertz CT molecular complexity index is 180. The molecule has 0 aromatic heterocycles. The van der Waals surface area contributed by atoms with E-state index in [0.29, 0.717) is 12.6 Å². The highest BCUT2D eigenvalue weighted by atomic mass is 16.5. The quantitative estimate of drug-likeness (QED) is 0.493.